The Kier molecular flexibility index (Phi) is 6.26. The number of benzene rings is 5. The van der Waals surface area contributed by atoms with Crippen LogP contribution in [0.5, 0.6) is 5.75 Å². The zero-order chi connectivity index (χ0) is 24.0. The number of fused-ring (bicyclic) bond motifs is 1. The molecule has 0 aromatic heterocycles. The maximum atomic E-state index is 10.8. The summed E-state index contributed by atoms with van der Waals surface area (Å²) in [6.07, 6.45) is 0. The van der Waals surface area contributed by atoms with Gasteiger partial charge in [0.05, 0.1) is 17.1 Å². The van der Waals surface area contributed by atoms with Crippen molar-refractivity contribution in [2.45, 2.75) is 6.92 Å². The van der Waals surface area contributed by atoms with Crippen LogP contribution in [0.4, 0.5) is 34.1 Å². The van der Waals surface area contributed by atoms with Gasteiger partial charge in [0.2, 0.25) is 0 Å². The van der Waals surface area contributed by atoms with Gasteiger partial charge in [-0.25, -0.2) is 0 Å². The molecule has 0 radical (unpaired) electrons. The third-order valence-electron chi connectivity index (χ3n) is 5.47. The molecule has 0 bridgehead atoms. The Morgan fingerprint density at radius 2 is 1.17 bits per heavy atom. The van der Waals surface area contributed by atoms with E-state index in [4.69, 9.17) is 0 Å². The predicted molar refractivity (Wildman–Crippen MR) is 141 cm³/mol. The van der Waals surface area contributed by atoms with E-state index in [9.17, 15) is 5.11 Å². The molecule has 0 heterocycles. The molecule has 35 heavy (non-hydrogen) atoms. The number of anilines is 2. The molecule has 0 aliphatic heterocycles. The van der Waals surface area contributed by atoms with E-state index in [1.165, 1.54) is 5.56 Å². The molecule has 5 aromatic carbocycles. The van der Waals surface area contributed by atoms with Crippen molar-refractivity contribution in [2.75, 3.05) is 5.32 Å². The maximum Gasteiger partial charge on any atom is 0.150 e. The first-order valence-corrected chi connectivity index (χ1v) is 11.2. The summed E-state index contributed by atoms with van der Waals surface area (Å²) in [6.45, 7) is 2.06. The Labute approximate surface area is 203 Å². The second kappa shape index (κ2) is 9.97. The second-order valence-corrected chi connectivity index (χ2v) is 8.11. The van der Waals surface area contributed by atoms with Crippen molar-refractivity contribution in [3.8, 4) is 5.75 Å². The summed E-state index contributed by atoms with van der Waals surface area (Å²) in [5, 5.41) is 32.7. The minimum atomic E-state index is 0.0985. The minimum Gasteiger partial charge on any atom is -0.505 e. The molecule has 5 aromatic rings. The molecule has 0 aliphatic carbocycles. The summed E-state index contributed by atoms with van der Waals surface area (Å²) in [5.41, 5.74) is 5.74. The van der Waals surface area contributed by atoms with Gasteiger partial charge in [-0.1, -0.05) is 42.0 Å². The second-order valence-electron chi connectivity index (χ2n) is 8.11. The van der Waals surface area contributed by atoms with Crippen LogP contribution >= 0.6 is 0 Å². The van der Waals surface area contributed by atoms with Gasteiger partial charge in [-0.05, 0) is 85.1 Å². The van der Waals surface area contributed by atoms with E-state index in [1.807, 2.05) is 91.0 Å². The predicted octanol–water partition coefficient (Wildman–Crippen LogP) is 9.43. The number of nitrogens with one attached hydrogen (secondary N) is 1. The molecular weight excluding hydrogens is 434 g/mol. The molecule has 0 atom stereocenters. The first-order valence-electron chi connectivity index (χ1n) is 11.2. The molecule has 0 unspecified atom stereocenters. The quantitative estimate of drug-likeness (QED) is 0.249. The third-order valence-corrected chi connectivity index (χ3v) is 5.47. The third kappa shape index (κ3) is 5.39. The number of phenols is 1. The number of hydrogen-bond acceptors (Lipinski definition) is 6. The Hall–Kier alpha value is -4.84. The number of phenolic OH excluding ortho intramolecular Hbond substituents is 1. The van der Waals surface area contributed by atoms with E-state index in [-0.39, 0.29) is 5.75 Å². The van der Waals surface area contributed by atoms with Crippen LogP contribution in [0.15, 0.2) is 130 Å². The number of aromatic hydroxyl groups is 1. The molecular formula is C29H23N5O. The van der Waals surface area contributed by atoms with Crippen LogP contribution < -0.4 is 5.32 Å². The number of azo groups is 2. The topological polar surface area (TPSA) is 81.7 Å². The van der Waals surface area contributed by atoms with E-state index in [2.05, 4.69) is 44.8 Å². The summed E-state index contributed by atoms with van der Waals surface area (Å²) in [7, 11) is 0. The highest BCUT2D eigenvalue weighted by molar-refractivity contribution is 5.94. The van der Waals surface area contributed by atoms with Crippen molar-refractivity contribution in [3.05, 3.63) is 115 Å². The normalized spacial score (nSPS) is 11.5. The lowest BCUT2D eigenvalue weighted by molar-refractivity contribution is 0.482. The van der Waals surface area contributed by atoms with Crippen molar-refractivity contribution in [1.29, 1.82) is 0 Å². The summed E-state index contributed by atoms with van der Waals surface area (Å²) >= 11 is 0. The number of nitrogens with zero attached hydrogens (tertiary/aromatic N) is 4. The largest absolute Gasteiger partial charge is 0.505 e. The van der Waals surface area contributed by atoms with Crippen LogP contribution in [-0.2, 0) is 0 Å². The van der Waals surface area contributed by atoms with E-state index >= 15 is 0 Å². The summed E-state index contributed by atoms with van der Waals surface area (Å²) in [4.78, 5) is 0. The summed E-state index contributed by atoms with van der Waals surface area (Å²) < 4.78 is 0. The Bertz CT molecular complexity index is 1510. The molecule has 0 saturated carbocycles. The van der Waals surface area contributed by atoms with Gasteiger partial charge in [-0.2, -0.15) is 15.3 Å². The molecule has 0 amide bonds. The number of rotatable bonds is 6. The molecule has 5 rings (SSSR count). The molecule has 2 N–H and O–H groups in total. The van der Waals surface area contributed by atoms with Crippen LogP contribution in [0.3, 0.4) is 0 Å². The molecule has 6 nitrogen and oxygen atoms in total. The lowest BCUT2D eigenvalue weighted by Gasteiger charge is -2.09. The Balaban J connectivity index is 1.30. The highest BCUT2D eigenvalue weighted by atomic mass is 16.3. The van der Waals surface area contributed by atoms with Gasteiger partial charge in [-0.15, -0.1) is 5.11 Å². The van der Waals surface area contributed by atoms with Gasteiger partial charge in [0.15, 0.2) is 5.75 Å². The first kappa shape index (κ1) is 22.0. The van der Waals surface area contributed by atoms with Crippen molar-refractivity contribution < 1.29 is 5.11 Å². The Morgan fingerprint density at radius 3 is 1.86 bits per heavy atom. The lowest BCUT2D eigenvalue weighted by atomic mass is 10.1. The average molecular weight is 458 g/mol. The van der Waals surface area contributed by atoms with Crippen LogP contribution in [0.25, 0.3) is 10.8 Å². The van der Waals surface area contributed by atoms with Gasteiger partial charge in [0.1, 0.15) is 5.69 Å². The molecule has 170 valence electrons. The minimum absolute atomic E-state index is 0.0985. The van der Waals surface area contributed by atoms with E-state index in [0.29, 0.717) is 16.8 Å². The van der Waals surface area contributed by atoms with Crippen molar-refractivity contribution in [1.82, 2.24) is 0 Å². The first-order chi connectivity index (χ1) is 17.1. The molecule has 0 fully saturated rings. The highest BCUT2D eigenvalue weighted by Crippen LogP contribution is 2.37. The molecule has 0 spiro atoms. The Morgan fingerprint density at radius 1 is 0.571 bits per heavy atom. The van der Waals surface area contributed by atoms with Gasteiger partial charge in [-0.3, -0.25) is 0 Å². The van der Waals surface area contributed by atoms with Crippen molar-refractivity contribution in [2.24, 2.45) is 20.5 Å². The number of aryl methyl sites for hydroxylation is 1. The van der Waals surface area contributed by atoms with Crippen LogP contribution in [0.2, 0.25) is 0 Å². The fraction of sp³-hybridized carbons (Fsp3) is 0.0345. The number of hydrogen-bond donors (Lipinski definition) is 2. The van der Waals surface area contributed by atoms with Gasteiger partial charge in [0, 0.05) is 16.8 Å². The van der Waals surface area contributed by atoms with Crippen LogP contribution in [0.1, 0.15) is 5.56 Å². The SMILES string of the molecule is Cc1ccc(Nc2ccc3c(O)c(N=Nc4ccc(N=Nc5ccccc5)cc4)ccc3c2)cc1. The maximum absolute atomic E-state index is 10.8. The zero-order valence-corrected chi connectivity index (χ0v) is 19.1. The lowest BCUT2D eigenvalue weighted by Crippen LogP contribution is -1.90. The fourth-order valence-electron chi connectivity index (χ4n) is 3.57. The summed E-state index contributed by atoms with van der Waals surface area (Å²) in [5.74, 6) is 0.0985. The van der Waals surface area contributed by atoms with Gasteiger partial charge >= 0.3 is 0 Å². The molecule has 6 heteroatoms. The van der Waals surface area contributed by atoms with Crippen LogP contribution in [-0.4, -0.2) is 5.11 Å². The van der Waals surface area contributed by atoms with Crippen LogP contribution in [0, 0.1) is 6.92 Å². The monoisotopic (exact) mass is 457 g/mol. The summed E-state index contributed by atoms with van der Waals surface area (Å²) in [6, 6.07) is 34.5. The average Bonchev–Trinajstić information content (AvgIpc) is 2.90. The van der Waals surface area contributed by atoms with E-state index in [0.717, 1.165) is 28.1 Å². The zero-order valence-electron chi connectivity index (χ0n) is 19.1. The van der Waals surface area contributed by atoms with E-state index in [1.54, 1.807) is 6.07 Å². The van der Waals surface area contributed by atoms with Gasteiger partial charge < -0.3 is 10.4 Å². The molecule has 0 aliphatic rings. The highest BCUT2D eigenvalue weighted by Gasteiger charge is 2.07. The fourth-order valence-corrected chi connectivity index (χ4v) is 3.57. The van der Waals surface area contributed by atoms with E-state index < -0.39 is 0 Å². The van der Waals surface area contributed by atoms with Gasteiger partial charge in [0.25, 0.3) is 0 Å². The van der Waals surface area contributed by atoms with Crippen molar-refractivity contribution >= 4 is 44.9 Å². The smallest absolute Gasteiger partial charge is 0.150 e. The molecule has 0 saturated heterocycles. The standard InChI is InChI=1S/C29H23N5O/c1-20-7-10-22(11-8-20)30-26-16-17-27-21(19-26)9-18-28(29(27)35)34-33-25-14-12-24(13-15-25)32-31-23-5-3-2-4-6-23/h2-19,30,35H,1H3. The van der Waals surface area contributed by atoms with Crippen molar-refractivity contribution in [3.63, 3.8) is 0 Å².